The van der Waals surface area contributed by atoms with Gasteiger partial charge < -0.3 is 19.3 Å². The number of benzene rings is 1. The number of ether oxygens (including phenoxy) is 2. The van der Waals surface area contributed by atoms with Crippen LogP contribution in [0, 0.1) is 0 Å². The highest BCUT2D eigenvalue weighted by atomic mass is 16.5. The number of amides is 2. The Morgan fingerprint density at radius 3 is 2.48 bits per heavy atom. The van der Waals surface area contributed by atoms with E-state index in [0.717, 1.165) is 11.3 Å². The number of carbonyl (C=O) groups excluding carboxylic acids is 2. The minimum absolute atomic E-state index is 0.0351. The second kappa shape index (κ2) is 9.22. The topological polar surface area (TPSA) is 59.1 Å². The predicted molar refractivity (Wildman–Crippen MR) is 96.3 cm³/mol. The zero-order valence-corrected chi connectivity index (χ0v) is 15.1. The van der Waals surface area contributed by atoms with Crippen LogP contribution in [0.2, 0.25) is 0 Å². The van der Waals surface area contributed by atoms with Crippen LogP contribution in [0.5, 0.6) is 5.75 Å². The molecule has 1 aliphatic rings. The van der Waals surface area contributed by atoms with Crippen molar-refractivity contribution in [2.45, 2.75) is 20.0 Å². The largest absolute Gasteiger partial charge is 0.491 e. The van der Waals surface area contributed by atoms with E-state index in [0.29, 0.717) is 26.2 Å². The molecule has 2 rings (SSSR count). The second-order valence-electron chi connectivity index (χ2n) is 6.21. The van der Waals surface area contributed by atoms with Crippen molar-refractivity contribution >= 4 is 17.9 Å². The minimum Gasteiger partial charge on any atom is -0.491 e. The maximum atomic E-state index is 12.3. The number of hydrogen-bond donors (Lipinski definition) is 0. The summed E-state index contributed by atoms with van der Waals surface area (Å²) in [5, 5.41) is 0. The van der Waals surface area contributed by atoms with Crippen LogP contribution in [0.25, 0.3) is 6.08 Å². The second-order valence-corrected chi connectivity index (χ2v) is 6.21. The molecule has 0 atom stereocenters. The summed E-state index contributed by atoms with van der Waals surface area (Å²) >= 11 is 0. The van der Waals surface area contributed by atoms with Crippen LogP contribution < -0.4 is 4.74 Å². The molecular weight excluding hydrogens is 320 g/mol. The Bertz CT molecular complexity index is 620. The first-order valence-corrected chi connectivity index (χ1v) is 8.50. The van der Waals surface area contributed by atoms with E-state index in [1.54, 1.807) is 22.0 Å². The molecule has 0 spiro atoms. The van der Waals surface area contributed by atoms with Crippen molar-refractivity contribution in [3.8, 4) is 5.75 Å². The summed E-state index contributed by atoms with van der Waals surface area (Å²) in [7, 11) is 1.50. The van der Waals surface area contributed by atoms with E-state index in [1.165, 1.54) is 7.11 Å². The molecule has 6 nitrogen and oxygen atoms in total. The van der Waals surface area contributed by atoms with Crippen molar-refractivity contribution in [3.05, 3.63) is 35.9 Å². The molecule has 1 saturated heterocycles. The average Bonchev–Trinajstić information content (AvgIpc) is 2.60. The van der Waals surface area contributed by atoms with E-state index in [9.17, 15) is 9.59 Å². The number of methoxy groups -OCH3 is 1. The molecule has 0 unspecified atom stereocenters. The highest BCUT2D eigenvalue weighted by molar-refractivity contribution is 5.92. The van der Waals surface area contributed by atoms with E-state index in [2.05, 4.69) is 0 Å². The van der Waals surface area contributed by atoms with Crippen LogP contribution in [0.15, 0.2) is 30.3 Å². The molecule has 136 valence electrons. The van der Waals surface area contributed by atoms with Crippen molar-refractivity contribution in [1.82, 2.24) is 9.80 Å². The summed E-state index contributed by atoms with van der Waals surface area (Å²) in [6.07, 6.45) is 3.47. The van der Waals surface area contributed by atoms with Crippen molar-refractivity contribution < 1.29 is 19.1 Å². The summed E-state index contributed by atoms with van der Waals surface area (Å²) in [5.74, 6) is 0.705. The van der Waals surface area contributed by atoms with Gasteiger partial charge in [0.25, 0.3) is 0 Å². The normalized spacial score (nSPS) is 15.0. The summed E-state index contributed by atoms with van der Waals surface area (Å²) < 4.78 is 10.5. The molecule has 1 heterocycles. The lowest BCUT2D eigenvalue weighted by Gasteiger charge is -2.34. The highest BCUT2D eigenvalue weighted by Gasteiger charge is 2.22. The van der Waals surface area contributed by atoms with Gasteiger partial charge >= 0.3 is 0 Å². The number of piperazine rings is 1. The number of hydrogen-bond acceptors (Lipinski definition) is 4. The SMILES string of the molecule is COCC(=O)N1CCN(C(=O)C=Cc2cccc(OC(C)C)c2)CC1. The first-order valence-electron chi connectivity index (χ1n) is 8.50. The predicted octanol–water partition coefficient (Wildman–Crippen LogP) is 1.80. The molecule has 1 aliphatic heterocycles. The Hall–Kier alpha value is -2.34. The van der Waals surface area contributed by atoms with Crippen molar-refractivity contribution in [1.29, 1.82) is 0 Å². The zero-order chi connectivity index (χ0) is 18.2. The maximum Gasteiger partial charge on any atom is 0.248 e. The van der Waals surface area contributed by atoms with Crippen molar-refractivity contribution in [3.63, 3.8) is 0 Å². The smallest absolute Gasteiger partial charge is 0.248 e. The Morgan fingerprint density at radius 1 is 1.16 bits per heavy atom. The lowest BCUT2D eigenvalue weighted by Crippen LogP contribution is -2.51. The summed E-state index contributed by atoms with van der Waals surface area (Å²) in [6, 6.07) is 7.64. The minimum atomic E-state index is -0.0472. The Balaban J connectivity index is 1.88. The Labute approximate surface area is 149 Å². The van der Waals surface area contributed by atoms with Gasteiger partial charge in [0, 0.05) is 39.4 Å². The third kappa shape index (κ3) is 5.90. The molecule has 1 aromatic rings. The van der Waals surface area contributed by atoms with Gasteiger partial charge in [-0.05, 0) is 37.6 Å². The molecule has 0 saturated carbocycles. The first kappa shape index (κ1) is 19.0. The van der Waals surface area contributed by atoms with Crippen LogP contribution >= 0.6 is 0 Å². The molecule has 1 fully saturated rings. The van der Waals surface area contributed by atoms with Gasteiger partial charge in [0.1, 0.15) is 12.4 Å². The molecule has 0 aromatic heterocycles. The van der Waals surface area contributed by atoms with Crippen LogP contribution in [-0.2, 0) is 14.3 Å². The van der Waals surface area contributed by atoms with Gasteiger partial charge in [0.05, 0.1) is 6.10 Å². The van der Waals surface area contributed by atoms with Crippen molar-refractivity contribution in [2.24, 2.45) is 0 Å². The van der Waals surface area contributed by atoms with Crippen LogP contribution in [0.4, 0.5) is 0 Å². The van der Waals surface area contributed by atoms with Gasteiger partial charge in [-0.1, -0.05) is 12.1 Å². The van der Waals surface area contributed by atoms with Crippen LogP contribution in [0.3, 0.4) is 0 Å². The molecule has 0 aliphatic carbocycles. The highest BCUT2D eigenvalue weighted by Crippen LogP contribution is 2.16. The third-order valence-corrected chi connectivity index (χ3v) is 3.86. The molecule has 6 heteroatoms. The fourth-order valence-electron chi connectivity index (χ4n) is 2.63. The van der Waals surface area contributed by atoms with Gasteiger partial charge in [0.15, 0.2) is 0 Å². The standard InChI is InChI=1S/C19H26N2O4/c1-15(2)25-17-6-4-5-16(13-17)7-8-18(22)20-9-11-21(12-10-20)19(23)14-24-3/h4-8,13,15H,9-12,14H2,1-3H3. The summed E-state index contributed by atoms with van der Waals surface area (Å²) in [5.41, 5.74) is 0.917. The third-order valence-electron chi connectivity index (χ3n) is 3.86. The molecule has 0 radical (unpaired) electrons. The van der Waals surface area contributed by atoms with Crippen molar-refractivity contribution in [2.75, 3.05) is 39.9 Å². The molecule has 0 N–H and O–H groups in total. The van der Waals surface area contributed by atoms with E-state index in [1.807, 2.05) is 38.1 Å². The average molecular weight is 346 g/mol. The van der Waals surface area contributed by atoms with E-state index >= 15 is 0 Å². The van der Waals surface area contributed by atoms with E-state index in [4.69, 9.17) is 9.47 Å². The number of rotatable bonds is 6. The fourth-order valence-corrected chi connectivity index (χ4v) is 2.63. The van der Waals surface area contributed by atoms with Gasteiger partial charge in [-0.15, -0.1) is 0 Å². The van der Waals surface area contributed by atoms with E-state index in [-0.39, 0.29) is 24.5 Å². The molecular formula is C19H26N2O4. The van der Waals surface area contributed by atoms with Gasteiger partial charge in [0.2, 0.25) is 11.8 Å². The molecule has 2 amide bonds. The Morgan fingerprint density at radius 2 is 1.84 bits per heavy atom. The van der Waals surface area contributed by atoms with Gasteiger partial charge in [-0.25, -0.2) is 0 Å². The molecule has 1 aromatic carbocycles. The molecule has 0 bridgehead atoms. The van der Waals surface area contributed by atoms with Gasteiger partial charge in [-0.2, -0.15) is 0 Å². The summed E-state index contributed by atoms with van der Waals surface area (Å²) in [6.45, 7) is 6.19. The maximum absolute atomic E-state index is 12.3. The van der Waals surface area contributed by atoms with Crippen LogP contribution in [-0.4, -0.2) is 67.6 Å². The monoisotopic (exact) mass is 346 g/mol. The lowest BCUT2D eigenvalue weighted by atomic mass is 10.2. The number of carbonyl (C=O) groups is 2. The zero-order valence-electron chi connectivity index (χ0n) is 15.1. The fraction of sp³-hybridized carbons (Fsp3) is 0.474. The number of nitrogens with zero attached hydrogens (tertiary/aromatic N) is 2. The summed E-state index contributed by atoms with van der Waals surface area (Å²) in [4.78, 5) is 27.6. The molecule has 25 heavy (non-hydrogen) atoms. The van der Waals surface area contributed by atoms with Crippen LogP contribution in [0.1, 0.15) is 19.4 Å². The lowest BCUT2D eigenvalue weighted by molar-refractivity contribution is -0.140. The first-order chi connectivity index (χ1) is 12.0. The van der Waals surface area contributed by atoms with Gasteiger partial charge in [-0.3, -0.25) is 9.59 Å². The quantitative estimate of drug-likeness (QED) is 0.737. The Kier molecular flexibility index (Phi) is 7.01. The van der Waals surface area contributed by atoms with E-state index < -0.39 is 0 Å².